The summed E-state index contributed by atoms with van der Waals surface area (Å²) in [5, 5.41) is 11.1. The van der Waals surface area contributed by atoms with Gasteiger partial charge in [-0.15, -0.1) is 13.2 Å². The Hall–Kier alpha value is -0.560. The van der Waals surface area contributed by atoms with Gasteiger partial charge in [-0.1, -0.05) is 32.9 Å². The molecule has 0 aromatic heterocycles. The molecule has 2 rings (SSSR count). The van der Waals surface area contributed by atoms with E-state index in [1.54, 1.807) is 0 Å². The molecule has 0 bridgehead atoms. The van der Waals surface area contributed by atoms with Crippen molar-refractivity contribution in [3.63, 3.8) is 0 Å². The number of hydrogen-bond donors (Lipinski definition) is 1. The van der Waals surface area contributed by atoms with Crippen molar-refractivity contribution in [2.75, 3.05) is 0 Å². The van der Waals surface area contributed by atoms with Gasteiger partial charge in [0, 0.05) is 5.41 Å². The van der Waals surface area contributed by atoms with Gasteiger partial charge in [-0.05, 0) is 49.4 Å². The van der Waals surface area contributed by atoms with E-state index >= 15 is 0 Å². The van der Waals surface area contributed by atoms with Crippen LogP contribution in [0.5, 0.6) is 0 Å². The topological polar surface area (TPSA) is 20.2 Å². The van der Waals surface area contributed by atoms with Crippen LogP contribution in [0.3, 0.4) is 0 Å². The smallest absolute Gasteiger partial charge is 0.0743 e. The van der Waals surface area contributed by atoms with E-state index in [0.717, 1.165) is 12.8 Å². The molecule has 0 heterocycles. The van der Waals surface area contributed by atoms with Crippen molar-refractivity contribution in [2.24, 2.45) is 22.7 Å². The predicted molar refractivity (Wildman–Crippen MR) is 77.3 cm³/mol. The molecule has 2 fully saturated rings. The summed E-state index contributed by atoms with van der Waals surface area (Å²) in [5.74, 6) is 1.31. The van der Waals surface area contributed by atoms with Crippen LogP contribution in [0.25, 0.3) is 0 Å². The summed E-state index contributed by atoms with van der Waals surface area (Å²) in [7, 11) is 0. The van der Waals surface area contributed by atoms with Crippen molar-refractivity contribution in [3.05, 3.63) is 25.3 Å². The SMILES string of the molecule is C=CC[C@]1(O)C[C@H]2CC(C)(C)C[C@H]2[C@]1(C)CC=C. The second-order valence-corrected chi connectivity index (χ2v) is 7.58. The van der Waals surface area contributed by atoms with E-state index in [1.807, 2.05) is 12.2 Å². The van der Waals surface area contributed by atoms with Crippen LogP contribution in [-0.4, -0.2) is 10.7 Å². The Morgan fingerprint density at radius 1 is 1.06 bits per heavy atom. The fourth-order valence-corrected chi connectivity index (χ4v) is 4.87. The zero-order valence-electron chi connectivity index (χ0n) is 12.2. The first kappa shape index (κ1) is 13.9. The van der Waals surface area contributed by atoms with Gasteiger partial charge >= 0.3 is 0 Å². The van der Waals surface area contributed by atoms with Gasteiger partial charge in [0.15, 0.2) is 0 Å². The lowest BCUT2D eigenvalue weighted by molar-refractivity contribution is -0.0696. The molecule has 2 aliphatic carbocycles. The summed E-state index contributed by atoms with van der Waals surface area (Å²) in [6.45, 7) is 14.7. The van der Waals surface area contributed by atoms with E-state index in [1.165, 1.54) is 12.8 Å². The molecule has 102 valence electrons. The monoisotopic (exact) mass is 248 g/mol. The van der Waals surface area contributed by atoms with E-state index < -0.39 is 5.60 Å². The zero-order valence-corrected chi connectivity index (χ0v) is 12.2. The zero-order chi connectivity index (χ0) is 13.6. The molecule has 0 aromatic rings. The van der Waals surface area contributed by atoms with Gasteiger partial charge in [-0.3, -0.25) is 0 Å². The molecule has 0 aromatic carbocycles. The van der Waals surface area contributed by atoms with E-state index in [0.29, 0.717) is 23.7 Å². The number of aliphatic hydroxyl groups is 1. The van der Waals surface area contributed by atoms with Gasteiger partial charge in [-0.2, -0.15) is 0 Å². The molecule has 0 radical (unpaired) electrons. The summed E-state index contributed by atoms with van der Waals surface area (Å²) < 4.78 is 0. The average Bonchev–Trinajstić information content (AvgIpc) is 2.61. The second-order valence-electron chi connectivity index (χ2n) is 7.58. The first-order chi connectivity index (χ1) is 8.28. The molecule has 1 N–H and O–H groups in total. The van der Waals surface area contributed by atoms with Crippen LogP contribution in [-0.2, 0) is 0 Å². The quantitative estimate of drug-likeness (QED) is 0.734. The molecule has 1 heteroatoms. The normalized spacial score (nSPS) is 45.8. The lowest BCUT2D eigenvalue weighted by Crippen LogP contribution is -2.45. The highest BCUT2D eigenvalue weighted by Gasteiger charge is 2.62. The van der Waals surface area contributed by atoms with E-state index in [4.69, 9.17) is 0 Å². The third-order valence-corrected chi connectivity index (χ3v) is 5.69. The van der Waals surface area contributed by atoms with Crippen LogP contribution < -0.4 is 0 Å². The van der Waals surface area contributed by atoms with Crippen LogP contribution in [0.2, 0.25) is 0 Å². The van der Waals surface area contributed by atoms with Crippen molar-refractivity contribution in [2.45, 2.75) is 58.5 Å². The Bertz CT molecular complexity index is 357. The Labute approximate surface area is 112 Å². The van der Waals surface area contributed by atoms with Gasteiger partial charge in [0.1, 0.15) is 0 Å². The van der Waals surface area contributed by atoms with Crippen LogP contribution in [0.15, 0.2) is 25.3 Å². The number of fused-ring (bicyclic) bond motifs is 1. The molecule has 4 atom stereocenters. The van der Waals surface area contributed by atoms with Crippen molar-refractivity contribution < 1.29 is 5.11 Å². The number of rotatable bonds is 4. The van der Waals surface area contributed by atoms with Crippen LogP contribution in [0, 0.1) is 22.7 Å². The van der Waals surface area contributed by atoms with Gasteiger partial charge < -0.3 is 5.11 Å². The second kappa shape index (κ2) is 4.23. The minimum Gasteiger partial charge on any atom is -0.389 e. The Balaban J connectivity index is 2.34. The molecule has 0 aliphatic heterocycles. The largest absolute Gasteiger partial charge is 0.389 e. The minimum atomic E-state index is -0.575. The molecular formula is C17H28O. The highest BCUT2D eigenvalue weighted by molar-refractivity contribution is 5.15. The molecule has 0 unspecified atom stereocenters. The molecule has 0 saturated heterocycles. The van der Waals surface area contributed by atoms with Crippen LogP contribution in [0.1, 0.15) is 52.9 Å². The minimum absolute atomic E-state index is 0.0264. The third kappa shape index (κ3) is 1.87. The van der Waals surface area contributed by atoms with E-state index in [2.05, 4.69) is 33.9 Å². The van der Waals surface area contributed by atoms with Gasteiger partial charge in [0.05, 0.1) is 5.60 Å². The maximum absolute atomic E-state index is 11.1. The Morgan fingerprint density at radius 2 is 1.67 bits per heavy atom. The average molecular weight is 248 g/mol. The van der Waals surface area contributed by atoms with Gasteiger partial charge in [0.2, 0.25) is 0 Å². The molecule has 0 amide bonds. The van der Waals surface area contributed by atoms with Crippen molar-refractivity contribution in [3.8, 4) is 0 Å². The third-order valence-electron chi connectivity index (χ3n) is 5.69. The van der Waals surface area contributed by atoms with E-state index in [9.17, 15) is 5.11 Å². The summed E-state index contributed by atoms with van der Waals surface area (Å²) >= 11 is 0. The van der Waals surface area contributed by atoms with Crippen molar-refractivity contribution >= 4 is 0 Å². The molecule has 0 spiro atoms. The molecule has 2 saturated carbocycles. The summed E-state index contributed by atoms with van der Waals surface area (Å²) in [6.07, 6.45) is 8.93. The fourth-order valence-electron chi connectivity index (χ4n) is 4.87. The standard InChI is InChI=1S/C17H28O/c1-6-8-16(5)14-12-15(3,4)10-13(14)11-17(16,18)9-7-2/h6-7,13-14,18H,1-2,8-12H2,3-5H3/t13-,14-,16+,17+/m1/s1. The molecular weight excluding hydrogens is 220 g/mol. The Morgan fingerprint density at radius 3 is 2.22 bits per heavy atom. The summed E-state index contributed by atoms with van der Waals surface area (Å²) in [4.78, 5) is 0. The molecule has 18 heavy (non-hydrogen) atoms. The first-order valence-corrected chi connectivity index (χ1v) is 7.22. The van der Waals surface area contributed by atoms with Crippen LogP contribution in [0.4, 0.5) is 0 Å². The van der Waals surface area contributed by atoms with Crippen molar-refractivity contribution in [1.82, 2.24) is 0 Å². The van der Waals surface area contributed by atoms with Crippen molar-refractivity contribution in [1.29, 1.82) is 0 Å². The highest BCUT2D eigenvalue weighted by Crippen LogP contribution is 2.65. The number of allylic oxidation sites excluding steroid dienone is 1. The fraction of sp³-hybridized carbons (Fsp3) is 0.765. The molecule has 1 nitrogen and oxygen atoms in total. The lowest BCUT2D eigenvalue weighted by Gasteiger charge is -2.43. The Kier molecular flexibility index (Phi) is 3.26. The lowest BCUT2D eigenvalue weighted by atomic mass is 9.65. The van der Waals surface area contributed by atoms with E-state index in [-0.39, 0.29) is 5.41 Å². The maximum Gasteiger partial charge on any atom is 0.0743 e. The van der Waals surface area contributed by atoms with Gasteiger partial charge in [0.25, 0.3) is 0 Å². The summed E-state index contributed by atoms with van der Waals surface area (Å²) in [5.41, 5.74) is -0.163. The maximum atomic E-state index is 11.1. The molecule has 2 aliphatic rings. The first-order valence-electron chi connectivity index (χ1n) is 7.22. The van der Waals surface area contributed by atoms with Gasteiger partial charge in [-0.25, -0.2) is 0 Å². The predicted octanol–water partition coefficient (Wildman–Crippen LogP) is 4.33. The number of hydrogen-bond acceptors (Lipinski definition) is 1. The van der Waals surface area contributed by atoms with Crippen LogP contribution >= 0.6 is 0 Å². The highest BCUT2D eigenvalue weighted by atomic mass is 16.3. The summed E-state index contributed by atoms with van der Waals surface area (Å²) in [6, 6.07) is 0.